The molecule has 0 radical (unpaired) electrons. The molecule has 3 rings (SSSR count). The fraction of sp³-hybridized carbons (Fsp3) is 0.200. The van der Waals surface area contributed by atoms with Crippen LogP contribution in [-0.4, -0.2) is 21.7 Å². The first kappa shape index (κ1) is 11.7. The average molecular weight is 253 g/mol. The van der Waals surface area contributed by atoms with Crippen LogP contribution in [0.2, 0.25) is 0 Å². The number of aryl methyl sites for hydroxylation is 2. The molecule has 0 fully saturated rings. The van der Waals surface area contributed by atoms with Crippen LogP contribution in [0.1, 0.15) is 11.1 Å². The van der Waals surface area contributed by atoms with E-state index < -0.39 is 0 Å². The summed E-state index contributed by atoms with van der Waals surface area (Å²) in [4.78, 5) is 4.20. The van der Waals surface area contributed by atoms with Gasteiger partial charge in [-0.1, -0.05) is 0 Å². The molecule has 0 amide bonds. The third kappa shape index (κ3) is 1.95. The molecule has 4 nitrogen and oxygen atoms in total. The first-order valence-corrected chi connectivity index (χ1v) is 6.15. The van der Waals surface area contributed by atoms with Crippen molar-refractivity contribution in [3.63, 3.8) is 0 Å². The highest BCUT2D eigenvalue weighted by atomic mass is 16.5. The smallest absolute Gasteiger partial charge is 0.153 e. The molecule has 19 heavy (non-hydrogen) atoms. The van der Waals surface area contributed by atoms with Gasteiger partial charge < -0.3 is 4.74 Å². The summed E-state index contributed by atoms with van der Waals surface area (Å²) in [5.41, 5.74) is 5.10. The van der Waals surface area contributed by atoms with Gasteiger partial charge in [-0.2, -0.15) is 5.10 Å². The summed E-state index contributed by atoms with van der Waals surface area (Å²) in [6.45, 7) is 4.09. The number of methoxy groups -OCH3 is 1. The maximum Gasteiger partial charge on any atom is 0.153 e. The van der Waals surface area contributed by atoms with E-state index in [9.17, 15) is 0 Å². The quantitative estimate of drug-likeness (QED) is 0.704. The SMILES string of the molecule is COc1c(C)cc(-c2ccc3nccn3n2)cc1C. The lowest BCUT2D eigenvalue weighted by Crippen LogP contribution is -1.96. The second kappa shape index (κ2) is 4.39. The number of ether oxygens (including phenoxy) is 1. The Balaban J connectivity index is 2.15. The third-order valence-electron chi connectivity index (χ3n) is 3.22. The molecule has 0 aliphatic carbocycles. The maximum atomic E-state index is 5.39. The zero-order valence-electron chi connectivity index (χ0n) is 11.2. The van der Waals surface area contributed by atoms with Crippen LogP contribution < -0.4 is 4.74 Å². The van der Waals surface area contributed by atoms with Crippen molar-refractivity contribution in [1.82, 2.24) is 14.6 Å². The summed E-state index contributed by atoms with van der Waals surface area (Å²) >= 11 is 0. The van der Waals surface area contributed by atoms with Crippen molar-refractivity contribution in [1.29, 1.82) is 0 Å². The maximum absolute atomic E-state index is 5.39. The summed E-state index contributed by atoms with van der Waals surface area (Å²) in [6.07, 6.45) is 3.60. The number of aromatic nitrogens is 3. The fourth-order valence-electron chi connectivity index (χ4n) is 2.39. The molecule has 0 bridgehead atoms. The highest BCUT2D eigenvalue weighted by molar-refractivity contribution is 5.64. The topological polar surface area (TPSA) is 39.4 Å². The standard InChI is InChI=1S/C15H15N3O/c1-10-8-12(9-11(2)15(10)19-3)13-4-5-14-16-6-7-18(14)17-13/h4-9H,1-3H3. The lowest BCUT2D eigenvalue weighted by molar-refractivity contribution is 0.408. The summed E-state index contributed by atoms with van der Waals surface area (Å²) in [5, 5.41) is 4.56. The molecule has 1 aromatic carbocycles. The molecule has 96 valence electrons. The molecule has 0 unspecified atom stereocenters. The van der Waals surface area contributed by atoms with Gasteiger partial charge in [-0.05, 0) is 49.2 Å². The number of benzene rings is 1. The lowest BCUT2D eigenvalue weighted by Gasteiger charge is -2.11. The fourth-order valence-corrected chi connectivity index (χ4v) is 2.39. The van der Waals surface area contributed by atoms with Crippen LogP contribution in [-0.2, 0) is 0 Å². The van der Waals surface area contributed by atoms with Gasteiger partial charge in [-0.3, -0.25) is 0 Å². The molecule has 0 saturated carbocycles. The number of imidazole rings is 1. The highest BCUT2D eigenvalue weighted by Gasteiger charge is 2.08. The Labute approximate surface area is 111 Å². The first-order valence-electron chi connectivity index (χ1n) is 6.15. The van der Waals surface area contributed by atoms with E-state index in [0.717, 1.165) is 33.8 Å². The van der Waals surface area contributed by atoms with Gasteiger partial charge in [0.15, 0.2) is 5.65 Å². The molecular weight excluding hydrogens is 238 g/mol. The van der Waals surface area contributed by atoms with Gasteiger partial charge in [-0.25, -0.2) is 9.50 Å². The number of hydrogen-bond donors (Lipinski definition) is 0. The van der Waals surface area contributed by atoms with Crippen molar-refractivity contribution in [3.05, 3.63) is 47.8 Å². The van der Waals surface area contributed by atoms with Gasteiger partial charge in [0.05, 0.1) is 12.8 Å². The van der Waals surface area contributed by atoms with Gasteiger partial charge in [0.2, 0.25) is 0 Å². The van der Waals surface area contributed by atoms with E-state index in [2.05, 4.69) is 22.2 Å². The van der Waals surface area contributed by atoms with E-state index >= 15 is 0 Å². The molecule has 0 aliphatic heterocycles. The van der Waals surface area contributed by atoms with Gasteiger partial charge >= 0.3 is 0 Å². The van der Waals surface area contributed by atoms with Crippen LogP contribution in [0, 0.1) is 13.8 Å². The Bertz CT molecular complexity index is 723. The molecule has 2 aromatic heterocycles. The van der Waals surface area contributed by atoms with Gasteiger partial charge in [0, 0.05) is 18.0 Å². The second-order valence-corrected chi connectivity index (χ2v) is 4.59. The molecule has 0 aliphatic rings. The van der Waals surface area contributed by atoms with Crippen molar-refractivity contribution in [2.75, 3.05) is 7.11 Å². The number of fused-ring (bicyclic) bond motifs is 1. The van der Waals surface area contributed by atoms with Crippen molar-refractivity contribution < 1.29 is 4.74 Å². The lowest BCUT2D eigenvalue weighted by atomic mass is 10.0. The number of rotatable bonds is 2. The van der Waals surface area contributed by atoms with Gasteiger partial charge in [0.1, 0.15) is 5.75 Å². The van der Waals surface area contributed by atoms with Gasteiger partial charge in [-0.15, -0.1) is 0 Å². The highest BCUT2D eigenvalue weighted by Crippen LogP contribution is 2.28. The molecule has 0 spiro atoms. The van der Waals surface area contributed by atoms with Crippen LogP contribution in [0.25, 0.3) is 16.9 Å². The summed E-state index contributed by atoms with van der Waals surface area (Å²) in [7, 11) is 1.70. The minimum absolute atomic E-state index is 0.853. The summed E-state index contributed by atoms with van der Waals surface area (Å²) in [6, 6.07) is 8.15. The molecule has 4 heteroatoms. The molecule has 3 aromatic rings. The van der Waals surface area contributed by atoms with Crippen LogP contribution in [0.4, 0.5) is 0 Å². The van der Waals surface area contributed by atoms with E-state index in [1.54, 1.807) is 17.8 Å². The number of hydrogen-bond acceptors (Lipinski definition) is 3. The normalized spacial score (nSPS) is 10.9. The van der Waals surface area contributed by atoms with Crippen molar-refractivity contribution in [3.8, 4) is 17.0 Å². The summed E-state index contributed by atoms with van der Waals surface area (Å²) < 4.78 is 7.17. The Hall–Kier alpha value is -2.36. The Morgan fingerprint density at radius 1 is 1.11 bits per heavy atom. The molecule has 0 atom stereocenters. The Morgan fingerprint density at radius 3 is 2.53 bits per heavy atom. The largest absolute Gasteiger partial charge is 0.496 e. The van der Waals surface area contributed by atoms with Gasteiger partial charge in [0.25, 0.3) is 0 Å². The minimum Gasteiger partial charge on any atom is -0.496 e. The van der Waals surface area contributed by atoms with E-state index in [4.69, 9.17) is 4.74 Å². The van der Waals surface area contributed by atoms with Crippen LogP contribution >= 0.6 is 0 Å². The van der Waals surface area contributed by atoms with E-state index in [1.807, 2.05) is 32.2 Å². The first-order chi connectivity index (χ1) is 9.19. The zero-order valence-corrected chi connectivity index (χ0v) is 11.2. The Kier molecular flexibility index (Phi) is 2.71. The average Bonchev–Trinajstić information content (AvgIpc) is 2.85. The van der Waals surface area contributed by atoms with Crippen LogP contribution in [0.15, 0.2) is 36.7 Å². The number of nitrogens with zero attached hydrogens (tertiary/aromatic N) is 3. The molecular formula is C15H15N3O. The van der Waals surface area contributed by atoms with E-state index in [0.29, 0.717) is 0 Å². The zero-order chi connectivity index (χ0) is 13.4. The molecule has 0 N–H and O–H groups in total. The molecule has 2 heterocycles. The van der Waals surface area contributed by atoms with Crippen LogP contribution in [0.3, 0.4) is 0 Å². The predicted molar refractivity (Wildman–Crippen MR) is 74.4 cm³/mol. The molecule has 0 saturated heterocycles. The van der Waals surface area contributed by atoms with Crippen LogP contribution in [0.5, 0.6) is 5.75 Å². The monoisotopic (exact) mass is 253 g/mol. The summed E-state index contributed by atoms with van der Waals surface area (Å²) in [5.74, 6) is 0.937. The third-order valence-corrected chi connectivity index (χ3v) is 3.22. The van der Waals surface area contributed by atoms with E-state index in [1.165, 1.54) is 0 Å². The van der Waals surface area contributed by atoms with E-state index in [-0.39, 0.29) is 0 Å². The van der Waals surface area contributed by atoms with Crippen molar-refractivity contribution in [2.24, 2.45) is 0 Å². The minimum atomic E-state index is 0.853. The van der Waals surface area contributed by atoms with Crippen molar-refractivity contribution in [2.45, 2.75) is 13.8 Å². The Morgan fingerprint density at radius 2 is 1.84 bits per heavy atom. The predicted octanol–water partition coefficient (Wildman–Crippen LogP) is 3.02. The second-order valence-electron chi connectivity index (χ2n) is 4.59. The van der Waals surface area contributed by atoms with Crippen molar-refractivity contribution >= 4 is 5.65 Å².